The Kier molecular flexibility index (Phi) is 5.28. The van der Waals surface area contributed by atoms with Crippen LogP contribution in [0.25, 0.3) is 0 Å². The van der Waals surface area contributed by atoms with E-state index in [0.717, 1.165) is 22.7 Å². The molecule has 1 rings (SSSR count). The van der Waals surface area contributed by atoms with Crippen molar-refractivity contribution in [1.29, 1.82) is 0 Å². The monoisotopic (exact) mass is 282 g/mol. The lowest BCUT2D eigenvalue weighted by Gasteiger charge is -2.37. The number of halogens is 1. The van der Waals surface area contributed by atoms with E-state index < -0.39 is 0 Å². The number of nitrogens with two attached hydrogens (primary N) is 1. The SMILES string of the molecule is CC(N)Cc1ccc(N(C)C(C)C(C)(C)C)cc1Cl. The average Bonchev–Trinajstić information content (AvgIpc) is 2.28. The summed E-state index contributed by atoms with van der Waals surface area (Å²) in [7, 11) is 2.12. The zero-order valence-electron chi connectivity index (χ0n) is 13.0. The van der Waals surface area contributed by atoms with Gasteiger partial charge in [0.05, 0.1) is 0 Å². The topological polar surface area (TPSA) is 29.3 Å². The summed E-state index contributed by atoms with van der Waals surface area (Å²) in [5, 5.41) is 0.808. The molecule has 0 radical (unpaired) electrons. The molecule has 0 aliphatic carbocycles. The summed E-state index contributed by atoms with van der Waals surface area (Å²) >= 11 is 6.35. The van der Waals surface area contributed by atoms with Crippen LogP contribution in [0.1, 0.15) is 40.2 Å². The molecule has 0 saturated heterocycles. The Morgan fingerprint density at radius 3 is 2.26 bits per heavy atom. The Hall–Kier alpha value is -0.730. The quantitative estimate of drug-likeness (QED) is 0.901. The van der Waals surface area contributed by atoms with Gasteiger partial charge in [0, 0.05) is 29.8 Å². The van der Waals surface area contributed by atoms with Gasteiger partial charge in [0.25, 0.3) is 0 Å². The average molecular weight is 283 g/mol. The number of benzene rings is 1. The van der Waals surface area contributed by atoms with E-state index in [9.17, 15) is 0 Å². The second-order valence-electron chi connectivity index (χ2n) is 6.61. The molecule has 0 bridgehead atoms. The molecule has 0 spiro atoms. The van der Waals surface area contributed by atoms with Gasteiger partial charge >= 0.3 is 0 Å². The molecule has 108 valence electrons. The van der Waals surface area contributed by atoms with Gasteiger partial charge in [0.2, 0.25) is 0 Å². The third kappa shape index (κ3) is 4.39. The Bertz CT molecular complexity index is 421. The van der Waals surface area contributed by atoms with Crippen LogP contribution in [-0.4, -0.2) is 19.1 Å². The Morgan fingerprint density at radius 2 is 1.84 bits per heavy atom. The van der Waals surface area contributed by atoms with Crippen LogP contribution in [0.15, 0.2) is 18.2 Å². The van der Waals surface area contributed by atoms with Crippen LogP contribution in [0, 0.1) is 5.41 Å². The first kappa shape index (κ1) is 16.3. The van der Waals surface area contributed by atoms with E-state index in [1.54, 1.807) is 0 Å². The second-order valence-corrected chi connectivity index (χ2v) is 7.02. The molecule has 1 aromatic rings. The molecule has 0 aromatic heterocycles. The van der Waals surface area contributed by atoms with Crippen LogP contribution >= 0.6 is 11.6 Å². The molecule has 0 saturated carbocycles. The van der Waals surface area contributed by atoms with Gasteiger partial charge < -0.3 is 10.6 Å². The number of nitrogens with zero attached hydrogens (tertiary/aromatic N) is 1. The van der Waals surface area contributed by atoms with Gasteiger partial charge in [0.1, 0.15) is 0 Å². The number of hydrogen-bond donors (Lipinski definition) is 1. The van der Waals surface area contributed by atoms with Crippen LogP contribution in [0.3, 0.4) is 0 Å². The van der Waals surface area contributed by atoms with Gasteiger partial charge in [0.15, 0.2) is 0 Å². The van der Waals surface area contributed by atoms with Gasteiger partial charge in [-0.05, 0) is 43.4 Å². The van der Waals surface area contributed by atoms with E-state index in [4.69, 9.17) is 17.3 Å². The molecule has 0 amide bonds. The van der Waals surface area contributed by atoms with Crippen molar-refractivity contribution in [3.63, 3.8) is 0 Å². The molecule has 19 heavy (non-hydrogen) atoms. The third-order valence-corrected chi connectivity index (χ3v) is 4.17. The summed E-state index contributed by atoms with van der Waals surface area (Å²) in [4.78, 5) is 2.28. The van der Waals surface area contributed by atoms with Crippen molar-refractivity contribution >= 4 is 17.3 Å². The predicted molar refractivity (Wildman–Crippen MR) is 86.1 cm³/mol. The molecule has 2 atom stereocenters. The van der Waals surface area contributed by atoms with Gasteiger partial charge in [-0.25, -0.2) is 0 Å². The Labute approximate surface area is 122 Å². The minimum atomic E-state index is 0.134. The molecule has 2 N–H and O–H groups in total. The van der Waals surface area contributed by atoms with E-state index in [-0.39, 0.29) is 11.5 Å². The van der Waals surface area contributed by atoms with E-state index in [1.165, 1.54) is 0 Å². The molecule has 3 heteroatoms. The summed E-state index contributed by atoms with van der Waals surface area (Å²) in [6.07, 6.45) is 0.817. The van der Waals surface area contributed by atoms with Crippen molar-refractivity contribution in [3.8, 4) is 0 Å². The van der Waals surface area contributed by atoms with Crippen LogP contribution < -0.4 is 10.6 Å². The van der Waals surface area contributed by atoms with Crippen LogP contribution in [0.5, 0.6) is 0 Å². The highest BCUT2D eigenvalue weighted by Gasteiger charge is 2.24. The normalized spacial score (nSPS) is 15.2. The fourth-order valence-electron chi connectivity index (χ4n) is 2.07. The number of rotatable bonds is 4. The van der Waals surface area contributed by atoms with E-state index >= 15 is 0 Å². The van der Waals surface area contributed by atoms with Gasteiger partial charge in [-0.15, -0.1) is 0 Å². The lowest BCUT2D eigenvalue weighted by Crippen LogP contribution is -2.39. The first-order valence-corrected chi connectivity index (χ1v) is 7.27. The van der Waals surface area contributed by atoms with Crippen molar-refractivity contribution < 1.29 is 0 Å². The lowest BCUT2D eigenvalue weighted by atomic mass is 9.87. The Balaban J connectivity index is 2.94. The van der Waals surface area contributed by atoms with Crippen LogP contribution in [0.2, 0.25) is 5.02 Å². The van der Waals surface area contributed by atoms with Crippen molar-refractivity contribution in [2.24, 2.45) is 11.1 Å². The molecule has 1 aromatic carbocycles. The summed E-state index contributed by atoms with van der Waals surface area (Å²) < 4.78 is 0. The Morgan fingerprint density at radius 1 is 1.26 bits per heavy atom. The predicted octanol–water partition coefficient (Wildman–Crippen LogP) is 4.10. The maximum Gasteiger partial charge on any atom is 0.0459 e. The molecule has 0 aliphatic heterocycles. The van der Waals surface area contributed by atoms with Crippen molar-refractivity contribution in [2.75, 3.05) is 11.9 Å². The maximum absolute atomic E-state index is 6.35. The second kappa shape index (κ2) is 6.15. The first-order valence-electron chi connectivity index (χ1n) is 6.89. The highest BCUT2D eigenvalue weighted by Crippen LogP contribution is 2.30. The largest absolute Gasteiger partial charge is 0.371 e. The maximum atomic E-state index is 6.35. The minimum absolute atomic E-state index is 0.134. The first-order chi connectivity index (χ1) is 8.62. The van der Waals surface area contributed by atoms with Gasteiger partial charge in [-0.2, -0.15) is 0 Å². The molecule has 2 unspecified atom stereocenters. The molecular formula is C16H27ClN2. The highest BCUT2D eigenvalue weighted by atomic mass is 35.5. The summed E-state index contributed by atoms with van der Waals surface area (Å²) in [6.45, 7) is 11.0. The van der Waals surface area contributed by atoms with E-state index in [2.05, 4.69) is 51.8 Å². The zero-order chi connectivity index (χ0) is 14.8. The number of hydrogen-bond acceptors (Lipinski definition) is 2. The molecular weight excluding hydrogens is 256 g/mol. The van der Waals surface area contributed by atoms with Gasteiger partial charge in [-0.3, -0.25) is 0 Å². The number of anilines is 1. The van der Waals surface area contributed by atoms with Crippen molar-refractivity contribution in [2.45, 2.75) is 53.1 Å². The lowest BCUT2D eigenvalue weighted by molar-refractivity contribution is 0.330. The minimum Gasteiger partial charge on any atom is -0.371 e. The molecule has 0 heterocycles. The molecule has 0 fully saturated rings. The zero-order valence-corrected chi connectivity index (χ0v) is 13.8. The van der Waals surface area contributed by atoms with E-state index in [0.29, 0.717) is 6.04 Å². The summed E-state index contributed by atoms with van der Waals surface area (Å²) in [5.41, 5.74) is 8.33. The summed E-state index contributed by atoms with van der Waals surface area (Å²) in [6, 6.07) is 6.83. The van der Waals surface area contributed by atoms with Crippen LogP contribution in [0.4, 0.5) is 5.69 Å². The van der Waals surface area contributed by atoms with Crippen molar-refractivity contribution in [3.05, 3.63) is 28.8 Å². The molecule has 2 nitrogen and oxygen atoms in total. The standard InChI is InChI=1S/C16H27ClN2/c1-11(18)9-13-7-8-14(10-15(13)17)19(6)12(2)16(3,4)5/h7-8,10-12H,9,18H2,1-6H3. The highest BCUT2D eigenvalue weighted by molar-refractivity contribution is 6.31. The van der Waals surface area contributed by atoms with E-state index in [1.807, 2.05) is 13.0 Å². The third-order valence-electron chi connectivity index (χ3n) is 3.82. The smallest absolute Gasteiger partial charge is 0.0459 e. The summed E-state index contributed by atoms with van der Waals surface area (Å²) in [5.74, 6) is 0. The van der Waals surface area contributed by atoms with Crippen LogP contribution in [-0.2, 0) is 6.42 Å². The fraction of sp³-hybridized carbons (Fsp3) is 0.625. The van der Waals surface area contributed by atoms with Gasteiger partial charge in [-0.1, -0.05) is 38.4 Å². The van der Waals surface area contributed by atoms with Crippen molar-refractivity contribution in [1.82, 2.24) is 0 Å². The fourth-order valence-corrected chi connectivity index (χ4v) is 2.32. The molecule has 0 aliphatic rings.